The van der Waals surface area contributed by atoms with Crippen LogP contribution in [0.4, 0.5) is 0 Å². The van der Waals surface area contributed by atoms with Crippen LogP contribution in [0, 0.1) is 47.3 Å². The molecule has 6 heterocycles. The summed E-state index contributed by atoms with van der Waals surface area (Å²) in [6.45, 7) is 21.8. The maximum atomic E-state index is 12.2. The van der Waals surface area contributed by atoms with E-state index in [0.717, 1.165) is 25.7 Å². The molecule has 0 saturated carbocycles. The molecule has 0 aromatic rings. The molecule has 6 aliphatic rings. The number of ether oxygens (including phenoxy) is 9. The van der Waals surface area contributed by atoms with Gasteiger partial charge in [0.25, 0.3) is 0 Å². The lowest BCUT2D eigenvalue weighted by Crippen LogP contribution is -2.65. The molecule has 324 valence electrons. The van der Waals surface area contributed by atoms with Crippen molar-refractivity contribution in [1.82, 2.24) is 0 Å². The Labute approximate surface area is 335 Å². The van der Waals surface area contributed by atoms with E-state index in [4.69, 9.17) is 42.6 Å². The van der Waals surface area contributed by atoms with Crippen molar-refractivity contribution >= 4 is 5.97 Å². The normalized spacial score (nSPS) is 55.0. The molecule has 0 amide bonds. The van der Waals surface area contributed by atoms with Crippen LogP contribution in [0.5, 0.6) is 0 Å². The van der Waals surface area contributed by atoms with E-state index < -0.39 is 58.6 Å². The summed E-state index contributed by atoms with van der Waals surface area (Å²) >= 11 is 0. The molecule has 6 saturated heterocycles. The van der Waals surface area contributed by atoms with Gasteiger partial charge < -0.3 is 58.0 Å². The molecule has 13 nitrogen and oxygen atoms in total. The van der Waals surface area contributed by atoms with Crippen LogP contribution in [0.3, 0.4) is 0 Å². The summed E-state index contributed by atoms with van der Waals surface area (Å²) in [7, 11) is 5.02. The molecule has 1 spiro atoms. The molecule has 13 heteroatoms. The first-order valence-corrected chi connectivity index (χ1v) is 21.3. The molecule has 3 N–H and O–H groups in total. The molecule has 6 rings (SSSR count). The van der Waals surface area contributed by atoms with E-state index in [1.807, 2.05) is 13.8 Å². The van der Waals surface area contributed by atoms with Crippen LogP contribution in [0.15, 0.2) is 0 Å². The van der Waals surface area contributed by atoms with E-state index >= 15 is 0 Å². The molecule has 0 unspecified atom stereocenters. The molecule has 0 bridgehead atoms. The number of aliphatic carboxylic acids is 1. The SMILES string of the molecule is CO[C@H]1[C@@H](C)[C@@H]([C@H](C)[C@H]2O[C@@]3(CC[C@@](C)([C@H]4CC[C@@](C)([C@@H]5O[C@@H]([C@H]6O[C@](C)(O)[C@H](C)[C@@H](OC)[C@@H]6C)C[C@@H]5C)O4)O3)C[C@H](OC)[C@H]2C)O[C@@](O)([C@H](C)C(=O)O)[C@@H]1C. The van der Waals surface area contributed by atoms with Crippen molar-refractivity contribution in [3.63, 3.8) is 0 Å². The Bertz CT molecular complexity index is 1400. The zero-order valence-corrected chi connectivity index (χ0v) is 36.5. The fourth-order valence-corrected chi connectivity index (χ4v) is 12.2. The Morgan fingerprint density at radius 2 is 1.38 bits per heavy atom. The summed E-state index contributed by atoms with van der Waals surface area (Å²) in [4.78, 5) is 12.2. The quantitative estimate of drug-likeness (QED) is 0.253. The summed E-state index contributed by atoms with van der Waals surface area (Å²) in [6.07, 6.45) is 1.78. The van der Waals surface area contributed by atoms with E-state index in [0.29, 0.717) is 12.8 Å². The first-order chi connectivity index (χ1) is 26.0. The molecule has 0 aliphatic carbocycles. The second-order valence-corrected chi connectivity index (χ2v) is 19.6. The second kappa shape index (κ2) is 15.8. The number of aliphatic hydroxyl groups is 2. The minimum atomic E-state index is -1.93. The number of methoxy groups -OCH3 is 3. The van der Waals surface area contributed by atoms with Gasteiger partial charge in [-0.15, -0.1) is 0 Å². The second-order valence-electron chi connectivity index (χ2n) is 19.6. The zero-order chi connectivity index (χ0) is 41.5. The van der Waals surface area contributed by atoms with Gasteiger partial charge >= 0.3 is 5.97 Å². The molecule has 0 aromatic heterocycles. The number of carbonyl (C=O) groups is 1. The molecule has 6 fully saturated rings. The Morgan fingerprint density at radius 3 is 1.98 bits per heavy atom. The van der Waals surface area contributed by atoms with Crippen molar-refractivity contribution in [1.29, 1.82) is 0 Å². The largest absolute Gasteiger partial charge is 0.481 e. The summed E-state index contributed by atoms with van der Waals surface area (Å²) < 4.78 is 59.0. The Morgan fingerprint density at radius 1 is 0.750 bits per heavy atom. The van der Waals surface area contributed by atoms with Gasteiger partial charge in [-0.1, -0.05) is 48.5 Å². The lowest BCUT2D eigenvalue weighted by Gasteiger charge is -2.55. The predicted molar refractivity (Wildman–Crippen MR) is 205 cm³/mol. The minimum Gasteiger partial charge on any atom is -0.481 e. The lowest BCUT2D eigenvalue weighted by atomic mass is 9.71. The molecular formula is C43H74O13. The smallest absolute Gasteiger partial charge is 0.311 e. The standard InChI is InChI=1S/C43H74O13/c1-21-19-29(36-25(5)34(49-13)26(6)41(11,46)53-36)51-37(21)40(10)16-15-31(52-40)39(9)17-18-42(56-39)20-30(48-12)22(2)32(54-42)23(3)33-24(4)35(50-14)27(7)43(47,55-33)28(8)38(44)45/h21-37,46-47H,15-20H2,1-14H3,(H,44,45)/t21-,22+,23+,24-,25-,26+,27+,28+,29+,30-,31+,32-,33+,34-,35-,36-,37+,39-,40-,41-,42+,43+/m0/s1. The van der Waals surface area contributed by atoms with Gasteiger partial charge in [-0.2, -0.15) is 0 Å². The Balaban J connectivity index is 1.17. The van der Waals surface area contributed by atoms with E-state index in [-0.39, 0.29) is 78.2 Å². The van der Waals surface area contributed by atoms with Gasteiger partial charge in [0.05, 0.1) is 66.1 Å². The molecule has 22 atom stereocenters. The van der Waals surface area contributed by atoms with Crippen molar-refractivity contribution in [2.24, 2.45) is 47.3 Å². The summed E-state index contributed by atoms with van der Waals surface area (Å²) in [5, 5.41) is 33.0. The average Bonchev–Trinajstić information content (AvgIpc) is 3.84. The number of carboxylic acids is 1. The Hall–Kier alpha value is -0.970. The fourth-order valence-electron chi connectivity index (χ4n) is 12.2. The van der Waals surface area contributed by atoms with Gasteiger partial charge in [-0.05, 0) is 59.3 Å². The van der Waals surface area contributed by atoms with E-state index in [9.17, 15) is 20.1 Å². The third kappa shape index (κ3) is 7.43. The molecule has 6 aliphatic heterocycles. The first-order valence-electron chi connectivity index (χ1n) is 21.3. The highest BCUT2D eigenvalue weighted by atomic mass is 16.7. The summed E-state index contributed by atoms with van der Waals surface area (Å²) in [6, 6.07) is 0. The highest BCUT2D eigenvalue weighted by Gasteiger charge is 2.63. The van der Waals surface area contributed by atoms with Crippen molar-refractivity contribution < 1.29 is 62.7 Å². The van der Waals surface area contributed by atoms with E-state index in [1.165, 1.54) is 6.92 Å². The monoisotopic (exact) mass is 799 g/mol. The van der Waals surface area contributed by atoms with E-state index in [2.05, 4.69) is 41.5 Å². The van der Waals surface area contributed by atoms with Gasteiger partial charge in [-0.3, -0.25) is 4.79 Å². The third-order valence-corrected chi connectivity index (χ3v) is 15.9. The maximum Gasteiger partial charge on any atom is 0.311 e. The number of rotatable bonds is 10. The van der Waals surface area contributed by atoms with Gasteiger partial charge in [-0.25, -0.2) is 0 Å². The van der Waals surface area contributed by atoms with Gasteiger partial charge in [0, 0.05) is 69.7 Å². The number of carboxylic acid groups (broad SMARTS) is 1. The summed E-state index contributed by atoms with van der Waals surface area (Å²) in [5.41, 5.74) is -1.17. The van der Waals surface area contributed by atoms with E-state index in [1.54, 1.807) is 35.2 Å². The van der Waals surface area contributed by atoms with Crippen LogP contribution in [0.25, 0.3) is 0 Å². The van der Waals surface area contributed by atoms with Crippen LogP contribution in [0.1, 0.15) is 115 Å². The molecular weight excluding hydrogens is 724 g/mol. The van der Waals surface area contributed by atoms with Crippen LogP contribution in [0.2, 0.25) is 0 Å². The van der Waals surface area contributed by atoms with Crippen molar-refractivity contribution in [2.45, 2.75) is 198 Å². The summed E-state index contributed by atoms with van der Waals surface area (Å²) in [5.74, 6) is -7.48. The third-order valence-electron chi connectivity index (χ3n) is 15.9. The highest BCUT2D eigenvalue weighted by molar-refractivity contribution is 5.70. The zero-order valence-electron chi connectivity index (χ0n) is 36.5. The lowest BCUT2D eigenvalue weighted by molar-refractivity contribution is -0.366. The molecule has 56 heavy (non-hydrogen) atoms. The maximum absolute atomic E-state index is 12.2. The Kier molecular flexibility index (Phi) is 12.6. The minimum absolute atomic E-state index is 0.0382. The highest BCUT2D eigenvalue weighted by Crippen LogP contribution is 2.55. The van der Waals surface area contributed by atoms with Gasteiger partial charge in [0.2, 0.25) is 0 Å². The fraction of sp³-hybridized carbons (Fsp3) is 0.977. The molecule has 0 aromatic carbocycles. The van der Waals surface area contributed by atoms with Crippen molar-refractivity contribution in [3.8, 4) is 0 Å². The number of hydrogen-bond donors (Lipinski definition) is 3. The van der Waals surface area contributed by atoms with Crippen molar-refractivity contribution in [2.75, 3.05) is 21.3 Å². The first kappa shape index (κ1) is 44.6. The van der Waals surface area contributed by atoms with Crippen LogP contribution < -0.4 is 0 Å². The average molecular weight is 799 g/mol. The molecule has 0 radical (unpaired) electrons. The predicted octanol–water partition coefficient (Wildman–Crippen LogP) is 5.55. The van der Waals surface area contributed by atoms with Gasteiger partial charge in [0.15, 0.2) is 17.4 Å². The van der Waals surface area contributed by atoms with Crippen LogP contribution in [-0.4, -0.2) is 126 Å². The van der Waals surface area contributed by atoms with Crippen LogP contribution >= 0.6 is 0 Å². The van der Waals surface area contributed by atoms with Crippen molar-refractivity contribution in [3.05, 3.63) is 0 Å². The topological polar surface area (TPSA) is 161 Å². The number of hydrogen-bond acceptors (Lipinski definition) is 12. The van der Waals surface area contributed by atoms with Crippen LogP contribution in [-0.2, 0) is 47.4 Å². The van der Waals surface area contributed by atoms with Gasteiger partial charge in [0.1, 0.15) is 5.92 Å².